The predicted octanol–water partition coefficient (Wildman–Crippen LogP) is 3.21. The van der Waals surface area contributed by atoms with E-state index in [2.05, 4.69) is 33.4 Å². The average Bonchev–Trinajstić information content (AvgIpc) is 2.93. The van der Waals surface area contributed by atoms with Crippen LogP contribution in [0.1, 0.15) is 29.9 Å². The van der Waals surface area contributed by atoms with E-state index in [1.807, 2.05) is 37.8 Å². The summed E-state index contributed by atoms with van der Waals surface area (Å²) in [6, 6.07) is 4.30. The monoisotopic (exact) mass is 287 g/mol. The topological polar surface area (TPSA) is 55.6 Å². The molecule has 0 aromatic carbocycles. The van der Waals surface area contributed by atoms with Crippen molar-refractivity contribution in [2.45, 2.75) is 26.8 Å². The van der Waals surface area contributed by atoms with E-state index >= 15 is 0 Å². The van der Waals surface area contributed by atoms with E-state index in [1.54, 1.807) is 11.3 Å². The number of fused-ring (bicyclic) bond motifs is 1. The van der Waals surface area contributed by atoms with Gasteiger partial charge in [-0.05, 0) is 32.4 Å². The zero-order valence-electron chi connectivity index (χ0n) is 12.0. The van der Waals surface area contributed by atoms with Crippen molar-refractivity contribution in [2.75, 3.05) is 5.32 Å². The molecule has 20 heavy (non-hydrogen) atoms. The molecular weight excluding hydrogens is 270 g/mol. The molecule has 1 N–H and O–H groups in total. The highest BCUT2D eigenvalue weighted by Crippen LogP contribution is 2.30. The quantitative estimate of drug-likeness (QED) is 0.803. The van der Waals surface area contributed by atoms with E-state index in [0.717, 1.165) is 32.4 Å². The van der Waals surface area contributed by atoms with Gasteiger partial charge in [0.25, 0.3) is 0 Å². The van der Waals surface area contributed by atoms with E-state index in [4.69, 9.17) is 0 Å². The van der Waals surface area contributed by atoms with Gasteiger partial charge in [-0.1, -0.05) is 17.4 Å². The van der Waals surface area contributed by atoms with Gasteiger partial charge in [0, 0.05) is 18.9 Å². The van der Waals surface area contributed by atoms with Crippen LogP contribution in [-0.4, -0.2) is 19.7 Å². The van der Waals surface area contributed by atoms with Crippen LogP contribution in [-0.2, 0) is 7.05 Å². The molecule has 104 valence electrons. The van der Waals surface area contributed by atoms with Crippen molar-refractivity contribution in [1.82, 2.24) is 19.7 Å². The molecule has 0 radical (unpaired) electrons. The summed E-state index contributed by atoms with van der Waals surface area (Å²) in [6.45, 7) is 6.12. The number of aryl methyl sites for hydroxylation is 3. The van der Waals surface area contributed by atoms with Crippen molar-refractivity contribution in [2.24, 2.45) is 7.05 Å². The van der Waals surface area contributed by atoms with Crippen LogP contribution in [0.2, 0.25) is 0 Å². The van der Waals surface area contributed by atoms with Crippen molar-refractivity contribution in [1.29, 1.82) is 0 Å². The molecule has 1 unspecified atom stereocenters. The Morgan fingerprint density at radius 3 is 2.75 bits per heavy atom. The fourth-order valence-electron chi connectivity index (χ4n) is 2.15. The van der Waals surface area contributed by atoms with E-state index in [0.29, 0.717) is 0 Å². The summed E-state index contributed by atoms with van der Waals surface area (Å²) in [5, 5.41) is 8.72. The number of pyridine rings is 1. The van der Waals surface area contributed by atoms with Crippen molar-refractivity contribution in [3.8, 4) is 0 Å². The van der Waals surface area contributed by atoms with Gasteiger partial charge >= 0.3 is 0 Å². The Kier molecular flexibility index (Phi) is 3.17. The lowest BCUT2D eigenvalue weighted by atomic mass is 10.1. The van der Waals surface area contributed by atoms with Crippen LogP contribution in [0.25, 0.3) is 10.3 Å². The normalized spacial score (nSPS) is 12.8. The summed E-state index contributed by atoms with van der Waals surface area (Å²) in [5.41, 5.74) is 4.15. The van der Waals surface area contributed by atoms with E-state index in [1.165, 1.54) is 0 Å². The SMILES string of the molecule is Cc1ccc(C(C)Nc2nc3c(s2)c(C)nn3C)cn1. The number of thiazole rings is 1. The lowest BCUT2D eigenvalue weighted by molar-refractivity contribution is 0.773. The van der Waals surface area contributed by atoms with Crippen LogP contribution in [0.5, 0.6) is 0 Å². The summed E-state index contributed by atoms with van der Waals surface area (Å²) in [4.78, 5) is 8.94. The summed E-state index contributed by atoms with van der Waals surface area (Å²) in [6.07, 6.45) is 1.91. The predicted molar refractivity (Wildman–Crippen MR) is 82.1 cm³/mol. The highest BCUT2D eigenvalue weighted by Gasteiger charge is 2.14. The van der Waals surface area contributed by atoms with Crippen molar-refractivity contribution >= 4 is 26.8 Å². The summed E-state index contributed by atoms with van der Waals surface area (Å²) in [5.74, 6) is 0. The van der Waals surface area contributed by atoms with Gasteiger partial charge in [-0.15, -0.1) is 0 Å². The molecule has 0 spiro atoms. The van der Waals surface area contributed by atoms with Crippen LogP contribution in [0.4, 0.5) is 5.13 Å². The number of rotatable bonds is 3. The molecular formula is C14H17N5S. The summed E-state index contributed by atoms with van der Waals surface area (Å²) in [7, 11) is 1.92. The van der Waals surface area contributed by atoms with Gasteiger partial charge in [0.1, 0.15) is 0 Å². The molecule has 0 fully saturated rings. The first-order chi connectivity index (χ1) is 9.54. The van der Waals surface area contributed by atoms with Crippen LogP contribution in [0.3, 0.4) is 0 Å². The Morgan fingerprint density at radius 2 is 2.10 bits per heavy atom. The molecule has 0 saturated heterocycles. The van der Waals surface area contributed by atoms with Crippen molar-refractivity contribution in [3.05, 3.63) is 35.3 Å². The van der Waals surface area contributed by atoms with E-state index < -0.39 is 0 Å². The largest absolute Gasteiger partial charge is 0.355 e. The Labute approximate surface area is 121 Å². The highest BCUT2D eigenvalue weighted by atomic mass is 32.1. The van der Waals surface area contributed by atoms with Gasteiger partial charge in [-0.2, -0.15) is 5.10 Å². The first kappa shape index (κ1) is 13.1. The second-order valence-corrected chi connectivity index (χ2v) is 5.98. The van der Waals surface area contributed by atoms with Crippen molar-refractivity contribution < 1.29 is 0 Å². The average molecular weight is 287 g/mol. The molecule has 0 aliphatic carbocycles. The third-order valence-corrected chi connectivity index (χ3v) is 4.40. The smallest absolute Gasteiger partial charge is 0.185 e. The molecule has 6 heteroatoms. The molecule has 3 aromatic rings. The van der Waals surface area contributed by atoms with Crippen LogP contribution in [0, 0.1) is 13.8 Å². The Balaban J connectivity index is 1.85. The molecule has 0 bridgehead atoms. The molecule has 0 saturated carbocycles. The minimum absolute atomic E-state index is 0.178. The fourth-order valence-corrected chi connectivity index (χ4v) is 3.17. The van der Waals surface area contributed by atoms with Crippen LogP contribution in [0.15, 0.2) is 18.3 Å². The molecule has 0 aliphatic heterocycles. The van der Waals surface area contributed by atoms with Gasteiger partial charge < -0.3 is 5.32 Å². The van der Waals surface area contributed by atoms with Gasteiger partial charge in [0.15, 0.2) is 10.8 Å². The molecule has 0 amide bonds. The molecule has 3 rings (SSSR count). The molecule has 1 atom stereocenters. The number of nitrogens with zero attached hydrogens (tertiary/aromatic N) is 4. The van der Waals surface area contributed by atoms with Gasteiger partial charge in [0.2, 0.25) is 0 Å². The van der Waals surface area contributed by atoms with Gasteiger partial charge in [-0.25, -0.2) is 9.67 Å². The zero-order chi connectivity index (χ0) is 14.3. The van der Waals surface area contributed by atoms with Crippen molar-refractivity contribution in [3.63, 3.8) is 0 Å². The maximum absolute atomic E-state index is 4.60. The van der Waals surface area contributed by atoms with Gasteiger partial charge in [-0.3, -0.25) is 4.98 Å². The number of hydrogen-bond donors (Lipinski definition) is 1. The number of anilines is 1. The first-order valence-corrected chi connectivity index (χ1v) is 7.35. The zero-order valence-corrected chi connectivity index (χ0v) is 12.8. The third kappa shape index (κ3) is 2.27. The fraction of sp³-hybridized carbons (Fsp3) is 0.357. The lowest BCUT2D eigenvalue weighted by Gasteiger charge is -2.12. The maximum Gasteiger partial charge on any atom is 0.185 e. The standard InChI is InChI=1S/C14H17N5S/c1-8-5-6-11(7-15-8)9(2)16-14-17-13-12(20-14)10(3)18-19(13)4/h5-7,9H,1-4H3,(H,16,17). The third-order valence-electron chi connectivity index (χ3n) is 3.32. The Morgan fingerprint density at radius 1 is 1.30 bits per heavy atom. The Hall–Kier alpha value is -1.95. The molecule has 3 aromatic heterocycles. The molecule has 3 heterocycles. The highest BCUT2D eigenvalue weighted by molar-refractivity contribution is 7.22. The number of nitrogens with one attached hydrogen (secondary N) is 1. The summed E-state index contributed by atoms with van der Waals surface area (Å²) >= 11 is 1.64. The minimum atomic E-state index is 0.178. The molecule has 0 aliphatic rings. The minimum Gasteiger partial charge on any atom is -0.355 e. The second kappa shape index (κ2) is 4.86. The first-order valence-electron chi connectivity index (χ1n) is 6.54. The second-order valence-electron chi connectivity index (χ2n) is 4.98. The van der Waals surface area contributed by atoms with Crippen LogP contribution >= 0.6 is 11.3 Å². The van der Waals surface area contributed by atoms with E-state index in [-0.39, 0.29) is 6.04 Å². The summed E-state index contributed by atoms with van der Waals surface area (Å²) < 4.78 is 2.97. The van der Waals surface area contributed by atoms with Gasteiger partial charge in [0.05, 0.1) is 16.4 Å². The number of aromatic nitrogens is 4. The Bertz CT molecular complexity index is 706. The molecule has 5 nitrogen and oxygen atoms in total. The number of hydrogen-bond acceptors (Lipinski definition) is 5. The lowest BCUT2D eigenvalue weighted by Crippen LogP contribution is -2.07. The van der Waals surface area contributed by atoms with E-state index in [9.17, 15) is 0 Å². The maximum atomic E-state index is 4.60. The van der Waals surface area contributed by atoms with Crippen LogP contribution < -0.4 is 5.32 Å².